The predicted molar refractivity (Wildman–Crippen MR) is 52.2 cm³/mol. The van der Waals surface area contributed by atoms with Crippen LogP contribution in [0, 0.1) is 0 Å². The fourth-order valence-electron chi connectivity index (χ4n) is 0.692. The van der Waals surface area contributed by atoms with Gasteiger partial charge in [-0.2, -0.15) is 11.8 Å². The number of rotatable bonds is 2. The Labute approximate surface area is 78.3 Å². The molecule has 0 N–H and O–H groups in total. The Balaban J connectivity index is 2.24. The van der Waals surface area contributed by atoms with Crippen molar-refractivity contribution in [1.82, 2.24) is 0 Å². The van der Waals surface area contributed by atoms with E-state index in [0.29, 0.717) is 10.9 Å². The van der Waals surface area contributed by atoms with E-state index in [1.54, 1.807) is 11.8 Å². The van der Waals surface area contributed by atoms with E-state index >= 15 is 0 Å². The Morgan fingerprint density at radius 3 is 2.91 bits per heavy atom. The molecule has 1 fully saturated rings. The Morgan fingerprint density at radius 2 is 2.36 bits per heavy atom. The number of hydrogen-bond acceptors (Lipinski definition) is 5. The Morgan fingerprint density at radius 1 is 1.55 bits per heavy atom. The summed E-state index contributed by atoms with van der Waals surface area (Å²) in [7, 11) is 0. The van der Waals surface area contributed by atoms with Gasteiger partial charge in [-0.3, -0.25) is 9.59 Å². The van der Waals surface area contributed by atoms with Crippen LogP contribution in [0.25, 0.3) is 0 Å². The summed E-state index contributed by atoms with van der Waals surface area (Å²) in [6.45, 7) is 0. The van der Waals surface area contributed by atoms with Crippen LogP contribution in [0.5, 0.6) is 0 Å². The van der Waals surface area contributed by atoms with Gasteiger partial charge in [-0.05, 0) is 0 Å². The fraction of sp³-hybridized carbons (Fsp3) is 0.667. The first-order valence-electron chi connectivity index (χ1n) is 3.18. The molecule has 1 unspecified atom stereocenters. The lowest BCUT2D eigenvalue weighted by atomic mass is 10.9. The maximum absolute atomic E-state index is 10.7. The molecule has 0 aliphatic carbocycles. The molecule has 0 aromatic carbocycles. The van der Waals surface area contributed by atoms with Gasteiger partial charge in [0, 0.05) is 17.3 Å². The molecule has 0 amide bonds. The zero-order valence-corrected chi connectivity index (χ0v) is 8.27. The van der Waals surface area contributed by atoms with Crippen LogP contribution in [0.4, 0.5) is 0 Å². The van der Waals surface area contributed by atoms with E-state index < -0.39 is 0 Å². The summed E-state index contributed by atoms with van der Waals surface area (Å²) < 4.78 is 0.298. The van der Waals surface area contributed by atoms with Gasteiger partial charge in [-0.25, -0.2) is 0 Å². The molecule has 1 aliphatic rings. The quantitative estimate of drug-likeness (QED) is 0.504. The summed E-state index contributed by atoms with van der Waals surface area (Å²) in [4.78, 5) is 20.6. The normalized spacial score (nSPS) is 24.5. The van der Waals surface area contributed by atoms with E-state index in [9.17, 15) is 9.59 Å². The van der Waals surface area contributed by atoms with E-state index in [0.717, 1.165) is 29.0 Å². The summed E-state index contributed by atoms with van der Waals surface area (Å²) in [6, 6.07) is 0. The molecule has 1 heterocycles. The molecular weight excluding hydrogens is 200 g/mol. The van der Waals surface area contributed by atoms with Crippen molar-refractivity contribution in [3.8, 4) is 0 Å². The van der Waals surface area contributed by atoms with Gasteiger partial charge < -0.3 is 0 Å². The molecule has 0 aromatic rings. The smallest absolute Gasteiger partial charge is 0.252 e. The number of carbonyl (C=O) groups is 2. The molecule has 11 heavy (non-hydrogen) atoms. The highest BCUT2D eigenvalue weighted by Crippen LogP contribution is 2.31. The van der Waals surface area contributed by atoms with Crippen LogP contribution in [-0.2, 0) is 9.59 Å². The number of aldehydes is 1. The lowest BCUT2D eigenvalue weighted by Gasteiger charge is -2.18. The molecule has 0 aromatic heterocycles. The molecular formula is C6H8O2S3. The van der Waals surface area contributed by atoms with Crippen LogP contribution < -0.4 is 0 Å². The van der Waals surface area contributed by atoms with Gasteiger partial charge >= 0.3 is 0 Å². The Bertz CT molecular complexity index is 154. The van der Waals surface area contributed by atoms with E-state index in [1.165, 1.54) is 0 Å². The van der Waals surface area contributed by atoms with E-state index in [2.05, 4.69) is 0 Å². The summed E-state index contributed by atoms with van der Waals surface area (Å²) in [6.07, 6.45) is 0.393. The fourth-order valence-corrected chi connectivity index (χ4v) is 4.56. The molecule has 1 rings (SSSR count). The third kappa shape index (κ3) is 3.53. The lowest BCUT2D eigenvalue weighted by molar-refractivity contribution is -0.124. The second-order valence-corrected chi connectivity index (χ2v) is 5.90. The average Bonchev–Trinajstić information content (AvgIpc) is 2.06. The Hall–Kier alpha value is 0.390. The summed E-state index contributed by atoms with van der Waals surface area (Å²) in [5.41, 5.74) is 0. The monoisotopic (exact) mass is 208 g/mol. The van der Waals surface area contributed by atoms with Crippen molar-refractivity contribution in [2.45, 2.75) is 4.58 Å². The molecule has 1 saturated heterocycles. The van der Waals surface area contributed by atoms with Gasteiger partial charge in [0.05, 0.1) is 4.58 Å². The molecule has 0 spiro atoms. The van der Waals surface area contributed by atoms with Crippen molar-refractivity contribution in [2.24, 2.45) is 0 Å². The van der Waals surface area contributed by atoms with Crippen molar-refractivity contribution in [1.29, 1.82) is 0 Å². The van der Waals surface area contributed by atoms with Crippen molar-refractivity contribution < 1.29 is 9.59 Å². The minimum atomic E-state index is -0.343. The van der Waals surface area contributed by atoms with Crippen LogP contribution in [0.1, 0.15) is 0 Å². The van der Waals surface area contributed by atoms with Crippen molar-refractivity contribution in [3.05, 3.63) is 0 Å². The minimum Gasteiger partial charge on any atom is -0.294 e. The highest BCUT2D eigenvalue weighted by Gasteiger charge is 2.17. The zero-order chi connectivity index (χ0) is 8.10. The zero-order valence-electron chi connectivity index (χ0n) is 5.82. The van der Waals surface area contributed by atoms with Crippen LogP contribution in [0.3, 0.4) is 0 Å². The number of hydrogen-bond donors (Lipinski definition) is 0. The highest BCUT2D eigenvalue weighted by atomic mass is 32.2. The van der Waals surface area contributed by atoms with Gasteiger partial charge in [0.1, 0.15) is 0 Å². The number of thioether (sulfide) groups is 3. The van der Waals surface area contributed by atoms with E-state index in [1.807, 2.05) is 11.8 Å². The lowest BCUT2D eigenvalue weighted by Crippen LogP contribution is -2.12. The summed E-state index contributed by atoms with van der Waals surface area (Å²) in [5, 5.41) is -0.343. The third-order valence-electron chi connectivity index (χ3n) is 1.13. The van der Waals surface area contributed by atoms with Crippen LogP contribution in [-0.4, -0.2) is 33.2 Å². The SMILES string of the molecule is O=CC(=O)SC1CSCCS1. The molecule has 2 nitrogen and oxygen atoms in total. The second-order valence-electron chi connectivity index (χ2n) is 1.93. The van der Waals surface area contributed by atoms with Gasteiger partial charge in [0.15, 0.2) is 6.29 Å². The second kappa shape index (κ2) is 5.11. The maximum atomic E-state index is 10.7. The number of carbonyl (C=O) groups excluding carboxylic acids is 2. The van der Waals surface area contributed by atoms with Gasteiger partial charge in [-0.1, -0.05) is 11.8 Å². The topological polar surface area (TPSA) is 34.1 Å². The largest absolute Gasteiger partial charge is 0.294 e. The molecule has 0 bridgehead atoms. The molecule has 5 heteroatoms. The first kappa shape index (κ1) is 9.48. The molecule has 1 atom stereocenters. The Kier molecular flexibility index (Phi) is 4.40. The standard InChI is InChI=1S/C6H8O2S3/c7-3-5(8)11-6-4-9-1-2-10-6/h3,6H,1-2,4H2. The minimum absolute atomic E-state index is 0.298. The van der Waals surface area contributed by atoms with Gasteiger partial charge in [0.2, 0.25) is 0 Å². The van der Waals surface area contributed by atoms with Gasteiger partial charge in [0.25, 0.3) is 5.12 Å². The van der Waals surface area contributed by atoms with Crippen LogP contribution in [0.2, 0.25) is 0 Å². The maximum Gasteiger partial charge on any atom is 0.252 e. The molecule has 0 saturated carbocycles. The molecule has 1 aliphatic heterocycles. The van der Waals surface area contributed by atoms with Crippen LogP contribution in [0.15, 0.2) is 0 Å². The summed E-state index contributed by atoms with van der Waals surface area (Å²) >= 11 is 4.77. The average molecular weight is 208 g/mol. The molecule has 62 valence electrons. The van der Waals surface area contributed by atoms with E-state index in [4.69, 9.17) is 0 Å². The van der Waals surface area contributed by atoms with Crippen molar-refractivity contribution in [2.75, 3.05) is 17.3 Å². The van der Waals surface area contributed by atoms with Crippen molar-refractivity contribution >= 4 is 46.7 Å². The highest BCUT2D eigenvalue weighted by molar-refractivity contribution is 8.27. The first-order valence-corrected chi connectivity index (χ1v) is 6.26. The summed E-state index contributed by atoms with van der Waals surface area (Å²) in [5.74, 6) is 3.24. The molecule has 0 radical (unpaired) electrons. The van der Waals surface area contributed by atoms with Gasteiger partial charge in [-0.15, -0.1) is 11.8 Å². The predicted octanol–water partition coefficient (Wildman–Crippen LogP) is 1.25. The first-order chi connectivity index (χ1) is 5.33. The van der Waals surface area contributed by atoms with Crippen LogP contribution >= 0.6 is 35.3 Å². The van der Waals surface area contributed by atoms with Crippen molar-refractivity contribution in [3.63, 3.8) is 0 Å². The van der Waals surface area contributed by atoms with E-state index in [-0.39, 0.29) is 5.12 Å². The third-order valence-corrected chi connectivity index (χ3v) is 5.30.